The quantitative estimate of drug-likeness (QED) is 0.346. The Labute approximate surface area is 150 Å². The molecule has 0 saturated carbocycles. The van der Waals surface area contributed by atoms with Gasteiger partial charge in [0.25, 0.3) is 0 Å². The van der Waals surface area contributed by atoms with Crippen LogP contribution >= 0.6 is 11.6 Å². The normalized spacial score (nSPS) is 13.8. The van der Waals surface area contributed by atoms with Crippen molar-refractivity contribution < 1.29 is 27.5 Å². The van der Waals surface area contributed by atoms with E-state index in [4.69, 9.17) is 11.6 Å². The molecule has 26 heavy (non-hydrogen) atoms. The molecule has 0 unspecified atom stereocenters. The van der Waals surface area contributed by atoms with E-state index in [2.05, 4.69) is 14.9 Å². The predicted octanol–water partition coefficient (Wildman–Crippen LogP) is 5.06. The third kappa shape index (κ3) is 3.80. The van der Waals surface area contributed by atoms with Gasteiger partial charge in [0.15, 0.2) is 5.75 Å². The van der Waals surface area contributed by atoms with Crippen LogP contribution in [0.2, 0.25) is 5.02 Å². The van der Waals surface area contributed by atoms with Crippen LogP contribution in [0.25, 0.3) is 0 Å². The average molecular weight is 387 g/mol. The largest absolute Gasteiger partial charge is 0.573 e. The fourth-order valence-electron chi connectivity index (χ4n) is 2.70. The van der Waals surface area contributed by atoms with E-state index in [1.165, 1.54) is 30.5 Å². The minimum atomic E-state index is -4.84. The van der Waals surface area contributed by atoms with Crippen molar-refractivity contribution in [1.82, 2.24) is 0 Å². The van der Waals surface area contributed by atoms with E-state index in [1.807, 2.05) is 0 Å². The first-order chi connectivity index (χ1) is 12.3. The first-order valence-corrected chi connectivity index (χ1v) is 7.75. The molecule has 0 radical (unpaired) electrons. The third-order valence-electron chi connectivity index (χ3n) is 3.77. The molecule has 1 N–H and O–H groups in total. The molecule has 9 heteroatoms. The average Bonchev–Trinajstić information content (AvgIpc) is 3.05. The summed E-state index contributed by atoms with van der Waals surface area (Å²) in [6, 6.07) is 6.53. The van der Waals surface area contributed by atoms with Crippen LogP contribution in [0.5, 0.6) is 5.75 Å². The lowest BCUT2D eigenvalue weighted by molar-refractivity contribution is -0.274. The maximum Gasteiger partial charge on any atom is 0.573 e. The molecule has 1 aliphatic heterocycles. The highest BCUT2D eigenvalue weighted by atomic mass is 35.5. The minimum absolute atomic E-state index is 0.0399. The van der Waals surface area contributed by atoms with Crippen LogP contribution < -0.4 is 4.74 Å². The number of oxime groups is 1. The van der Waals surface area contributed by atoms with Gasteiger partial charge in [0.2, 0.25) is 0 Å². The van der Waals surface area contributed by atoms with Gasteiger partial charge < -0.3 is 9.94 Å². The molecule has 4 nitrogen and oxygen atoms in total. The minimum Gasteiger partial charge on any atom is -0.411 e. The van der Waals surface area contributed by atoms with Crippen molar-refractivity contribution in [1.29, 1.82) is 0 Å². The molecule has 0 spiro atoms. The van der Waals surface area contributed by atoms with Crippen LogP contribution in [0.3, 0.4) is 0 Å². The highest BCUT2D eigenvalue weighted by Gasteiger charge is 2.33. The van der Waals surface area contributed by atoms with E-state index < -0.39 is 17.9 Å². The van der Waals surface area contributed by atoms with Crippen molar-refractivity contribution in [3.05, 3.63) is 57.9 Å². The van der Waals surface area contributed by atoms with Gasteiger partial charge in [0, 0.05) is 24.6 Å². The van der Waals surface area contributed by atoms with E-state index in [1.54, 1.807) is 0 Å². The summed E-state index contributed by atoms with van der Waals surface area (Å²) in [5.74, 6) is -1.01. The Balaban J connectivity index is 1.95. The van der Waals surface area contributed by atoms with E-state index in [-0.39, 0.29) is 29.3 Å². The lowest BCUT2D eigenvalue weighted by Crippen LogP contribution is -2.17. The SMILES string of the molecule is O/N=C(\Cc1ccc(F)c(Cl)c1)c1ccc(OC(F)(F)F)c2c1CC=N2. The molecular weight excluding hydrogens is 376 g/mol. The highest BCUT2D eigenvalue weighted by molar-refractivity contribution is 6.30. The summed E-state index contributed by atoms with van der Waals surface area (Å²) in [6.07, 6.45) is -3.03. The van der Waals surface area contributed by atoms with Gasteiger partial charge in [-0.05, 0) is 35.4 Å². The molecule has 0 aliphatic carbocycles. The summed E-state index contributed by atoms with van der Waals surface area (Å²) in [4.78, 5) is 3.94. The summed E-state index contributed by atoms with van der Waals surface area (Å²) in [7, 11) is 0. The molecule has 136 valence electrons. The molecule has 2 aromatic rings. The summed E-state index contributed by atoms with van der Waals surface area (Å²) in [5.41, 5.74) is 1.68. The number of nitrogens with zero attached hydrogens (tertiary/aromatic N) is 2. The van der Waals surface area contributed by atoms with Gasteiger partial charge in [-0.1, -0.05) is 22.8 Å². The van der Waals surface area contributed by atoms with E-state index >= 15 is 0 Å². The highest BCUT2D eigenvalue weighted by Crippen LogP contribution is 2.40. The number of hydrogen-bond acceptors (Lipinski definition) is 4. The van der Waals surface area contributed by atoms with E-state index in [0.29, 0.717) is 16.7 Å². The molecule has 0 bridgehead atoms. The first-order valence-electron chi connectivity index (χ1n) is 7.38. The van der Waals surface area contributed by atoms with Crippen molar-refractivity contribution in [3.63, 3.8) is 0 Å². The van der Waals surface area contributed by atoms with Gasteiger partial charge in [-0.2, -0.15) is 0 Å². The molecule has 0 fully saturated rings. The third-order valence-corrected chi connectivity index (χ3v) is 4.06. The number of fused-ring (bicyclic) bond motifs is 1. The standard InChI is InChI=1S/C17H11ClF4N2O2/c18-12-7-9(1-3-13(12)19)8-14(24-25)10-2-4-15(26-17(20,21)22)16-11(10)5-6-23-16/h1-4,6-7,25H,5,8H2/b24-14+. The maximum atomic E-state index is 13.3. The Bertz CT molecular complexity index is 910. The summed E-state index contributed by atoms with van der Waals surface area (Å²) in [6.45, 7) is 0. The molecular formula is C17H11ClF4N2O2. The van der Waals surface area contributed by atoms with Gasteiger partial charge in [0.1, 0.15) is 11.5 Å². The fourth-order valence-corrected chi connectivity index (χ4v) is 2.90. The number of ether oxygens (including phenoxy) is 1. The van der Waals surface area contributed by atoms with Gasteiger partial charge >= 0.3 is 6.36 Å². The van der Waals surface area contributed by atoms with Gasteiger partial charge in [-0.25, -0.2) is 4.39 Å². The summed E-state index contributed by atoms with van der Waals surface area (Å²) in [5, 5.41) is 12.5. The Hall–Kier alpha value is -2.61. The zero-order chi connectivity index (χ0) is 18.9. The Morgan fingerprint density at radius 2 is 2.04 bits per heavy atom. The van der Waals surface area contributed by atoms with E-state index in [9.17, 15) is 22.8 Å². The zero-order valence-electron chi connectivity index (χ0n) is 13.0. The Kier molecular flexibility index (Phi) is 4.86. The van der Waals surface area contributed by atoms with Crippen molar-refractivity contribution in [2.45, 2.75) is 19.2 Å². The number of alkyl halides is 3. The van der Waals surface area contributed by atoms with Crippen LogP contribution in [0.15, 0.2) is 40.5 Å². The topological polar surface area (TPSA) is 54.2 Å². The lowest BCUT2D eigenvalue weighted by atomic mass is 9.95. The van der Waals surface area contributed by atoms with Crippen molar-refractivity contribution >= 4 is 29.2 Å². The van der Waals surface area contributed by atoms with Gasteiger partial charge in [0.05, 0.1) is 10.7 Å². The van der Waals surface area contributed by atoms with Gasteiger partial charge in [-0.15, -0.1) is 13.2 Å². The zero-order valence-corrected chi connectivity index (χ0v) is 13.8. The monoisotopic (exact) mass is 386 g/mol. The lowest BCUT2D eigenvalue weighted by Gasteiger charge is -2.15. The second kappa shape index (κ2) is 6.95. The van der Waals surface area contributed by atoms with Crippen molar-refractivity contribution in [2.75, 3.05) is 0 Å². The number of benzene rings is 2. The molecule has 0 aromatic heterocycles. The van der Waals surface area contributed by atoms with Gasteiger partial charge in [-0.3, -0.25) is 4.99 Å². The Morgan fingerprint density at radius 1 is 1.27 bits per heavy atom. The second-order valence-corrected chi connectivity index (χ2v) is 5.88. The van der Waals surface area contributed by atoms with Crippen LogP contribution in [0, 0.1) is 5.82 Å². The summed E-state index contributed by atoms with van der Waals surface area (Å²) < 4.78 is 54.8. The molecule has 1 aliphatic rings. The number of rotatable bonds is 4. The molecule has 2 aromatic carbocycles. The molecule has 0 amide bonds. The van der Waals surface area contributed by atoms with E-state index in [0.717, 1.165) is 6.07 Å². The van der Waals surface area contributed by atoms with Crippen LogP contribution in [0.1, 0.15) is 16.7 Å². The molecule has 1 heterocycles. The first kappa shape index (κ1) is 18.2. The molecule has 0 atom stereocenters. The van der Waals surface area contributed by atoms with Crippen LogP contribution in [-0.4, -0.2) is 23.5 Å². The van der Waals surface area contributed by atoms with Crippen molar-refractivity contribution in [2.24, 2.45) is 10.1 Å². The predicted molar refractivity (Wildman–Crippen MR) is 88.4 cm³/mol. The van der Waals surface area contributed by atoms with Crippen LogP contribution in [-0.2, 0) is 12.8 Å². The fraction of sp³-hybridized carbons (Fsp3) is 0.176. The van der Waals surface area contributed by atoms with Crippen LogP contribution in [0.4, 0.5) is 23.2 Å². The molecule has 0 saturated heterocycles. The number of aliphatic imine (C=N–C) groups is 1. The maximum absolute atomic E-state index is 13.3. The number of hydrogen-bond donors (Lipinski definition) is 1. The number of halogens is 5. The second-order valence-electron chi connectivity index (χ2n) is 5.47. The smallest absolute Gasteiger partial charge is 0.411 e. The summed E-state index contributed by atoms with van der Waals surface area (Å²) >= 11 is 5.74. The van der Waals surface area contributed by atoms with Crippen molar-refractivity contribution in [3.8, 4) is 5.75 Å². The Morgan fingerprint density at radius 3 is 2.69 bits per heavy atom. The molecule has 3 rings (SSSR count).